The van der Waals surface area contributed by atoms with E-state index < -0.39 is 0 Å². The maximum atomic E-state index is 12.6. The van der Waals surface area contributed by atoms with E-state index in [1.807, 2.05) is 57.6 Å². The number of aryl methyl sites for hydroxylation is 3. The second kappa shape index (κ2) is 7.79. The molecule has 0 saturated heterocycles. The molecule has 2 aromatic heterocycles. The molecule has 0 bridgehead atoms. The zero-order valence-corrected chi connectivity index (χ0v) is 16.4. The molecule has 4 nitrogen and oxygen atoms in total. The molecule has 0 aliphatic heterocycles. The Morgan fingerprint density at radius 1 is 1.04 bits per heavy atom. The van der Waals surface area contributed by atoms with Gasteiger partial charge in [0.2, 0.25) is 0 Å². The van der Waals surface area contributed by atoms with Crippen LogP contribution in [0.25, 0.3) is 11.1 Å². The molecule has 0 spiro atoms. The van der Waals surface area contributed by atoms with E-state index in [2.05, 4.69) is 22.1 Å². The summed E-state index contributed by atoms with van der Waals surface area (Å²) < 4.78 is 0. The fourth-order valence-electron chi connectivity index (χ4n) is 2.96. The molecule has 1 amide bonds. The van der Waals surface area contributed by atoms with Gasteiger partial charge in [-0.1, -0.05) is 12.1 Å². The maximum Gasteiger partial charge on any atom is 0.253 e. The highest BCUT2D eigenvalue weighted by atomic mass is 32.1. The Balaban J connectivity index is 1.69. The van der Waals surface area contributed by atoms with Crippen molar-refractivity contribution < 1.29 is 4.79 Å². The lowest BCUT2D eigenvalue weighted by Gasteiger charge is -2.17. The summed E-state index contributed by atoms with van der Waals surface area (Å²) >= 11 is 1.65. The Morgan fingerprint density at radius 2 is 1.69 bits per heavy atom. The van der Waals surface area contributed by atoms with Gasteiger partial charge in [0, 0.05) is 41.8 Å². The number of hydrogen-bond acceptors (Lipinski definition) is 4. The second-order valence-corrected chi connectivity index (χ2v) is 7.49. The average molecular weight is 366 g/mol. The number of nitrogens with zero attached hydrogens (tertiary/aromatic N) is 3. The molecular weight excluding hydrogens is 342 g/mol. The number of amides is 1. The lowest BCUT2D eigenvalue weighted by molar-refractivity contribution is 0.0797. The molecule has 0 atom stereocenters. The molecule has 3 rings (SSSR count). The van der Waals surface area contributed by atoms with Crippen LogP contribution in [-0.2, 0) is 6.42 Å². The molecule has 3 aromatic rings. The van der Waals surface area contributed by atoms with Gasteiger partial charge in [-0.2, -0.15) is 0 Å². The van der Waals surface area contributed by atoms with Gasteiger partial charge < -0.3 is 4.90 Å². The van der Waals surface area contributed by atoms with E-state index in [-0.39, 0.29) is 5.91 Å². The highest BCUT2D eigenvalue weighted by Gasteiger charge is 2.13. The van der Waals surface area contributed by atoms with Gasteiger partial charge in [0.1, 0.15) is 0 Å². The third-order valence-electron chi connectivity index (χ3n) is 4.41. The normalized spacial score (nSPS) is 10.8. The van der Waals surface area contributed by atoms with Crippen LogP contribution in [-0.4, -0.2) is 34.4 Å². The smallest absolute Gasteiger partial charge is 0.253 e. The van der Waals surface area contributed by atoms with E-state index in [1.165, 1.54) is 4.88 Å². The van der Waals surface area contributed by atoms with Gasteiger partial charge in [0.05, 0.1) is 11.2 Å². The third-order valence-corrected chi connectivity index (χ3v) is 5.41. The summed E-state index contributed by atoms with van der Waals surface area (Å²) in [6, 6.07) is 11.9. The molecule has 5 heteroatoms. The van der Waals surface area contributed by atoms with Gasteiger partial charge in [0.25, 0.3) is 5.91 Å². The number of likely N-dealkylation sites (N-methyl/N-ethyl adjacent to an activating group) is 1. The highest BCUT2D eigenvalue weighted by Crippen LogP contribution is 2.22. The van der Waals surface area contributed by atoms with Crippen molar-refractivity contribution in [1.29, 1.82) is 0 Å². The van der Waals surface area contributed by atoms with Crippen molar-refractivity contribution in [3.05, 3.63) is 69.4 Å². The lowest BCUT2D eigenvalue weighted by atomic mass is 10.0. The third kappa shape index (κ3) is 4.17. The van der Waals surface area contributed by atoms with Crippen molar-refractivity contribution >= 4 is 17.2 Å². The summed E-state index contributed by atoms with van der Waals surface area (Å²) in [7, 11) is 1.85. The largest absolute Gasteiger partial charge is 0.341 e. The molecule has 0 radical (unpaired) electrons. The molecule has 0 fully saturated rings. The zero-order valence-electron chi connectivity index (χ0n) is 15.6. The second-order valence-electron chi connectivity index (χ2n) is 6.55. The quantitative estimate of drug-likeness (QED) is 0.671. The minimum absolute atomic E-state index is 0.0424. The molecular formula is C21H23N3OS. The predicted octanol–water partition coefficient (Wildman–Crippen LogP) is 4.45. The average Bonchev–Trinajstić information content (AvgIpc) is 3.03. The van der Waals surface area contributed by atoms with Crippen LogP contribution in [0, 0.1) is 20.8 Å². The van der Waals surface area contributed by atoms with Crippen LogP contribution in [0.4, 0.5) is 0 Å². The first-order valence-corrected chi connectivity index (χ1v) is 9.52. The van der Waals surface area contributed by atoms with Crippen LogP contribution in [0.15, 0.2) is 41.9 Å². The van der Waals surface area contributed by atoms with Gasteiger partial charge in [-0.05, 0) is 56.2 Å². The summed E-state index contributed by atoms with van der Waals surface area (Å²) in [6.45, 7) is 6.68. The van der Waals surface area contributed by atoms with E-state index in [0.717, 1.165) is 34.6 Å². The van der Waals surface area contributed by atoms with Gasteiger partial charge in [-0.15, -0.1) is 11.3 Å². The number of carbonyl (C=O) groups excluding carboxylic acids is 1. The van der Waals surface area contributed by atoms with Crippen molar-refractivity contribution in [1.82, 2.24) is 14.9 Å². The molecule has 134 valence electrons. The van der Waals surface area contributed by atoms with E-state index in [0.29, 0.717) is 12.1 Å². The molecule has 26 heavy (non-hydrogen) atoms. The van der Waals surface area contributed by atoms with Crippen molar-refractivity contribution in [2.24, 2.45) is 0 Å². The van der Waals surface area contributed by atoms with Crippen molar-refractivity contribution in [2.75, 3.05) is 13.6 Å². The standard InChI is InChI=1S/C21H23N3OS/c1-14-11-19(12-15(2)23-14)17-5-7-18(8-6-17)21(25)24(4)10-9-20-16(3)22-13-26-20/h5-8,11-13H,9-10H2,1-4H3. The first kappa shape index (κ1) is 18.3. The van der Waals surface area contributed by atoms with Crippen LogP contribution in [0.5, 0.6) is 0 Å². The summed E-state index contributed by atoms with van der Waals surface area (Å²) in [5.41, 5.74) is 7.84. The topological polar surface area (TPSA) is 46.1 Å². The van der Waals surface area contributed by atoms with Crippen LogP contribution in [0.2, 0.25) is 0 Å². The van der Waals surface area contributed by atoms with Gasteiger partial charge in [-0.25, -0.2) is 4.98 Å². The van der Waals surface area contributed by atoms with Crippen molar-refractivity contribution in [2.45, 2.75) is 27.2 Å². The fraction of sp³-hybridized carbons (Fsp3) is 0.286. The van der Waals surface area contributed by atoms with Crippen molar-refractivity contribution in [3.63, 3.8) is 0 Å². The van der Waals surface area contributed by atoms with Crippen LogP contribution in [0.1, 0.15) is 32.3 Å². The molecule has 0 N–H and O–H groups in total. The molecule has 0 saturated carbocycles. The maximum absolute atomic E-state index is 12.6. The first-order valence-electron chi connectivity index (χ1n) is 8.64. The van der Waals surface area contributed by atoms with Gasteiger partial charge >= 0.3 is 0 Å². The van der Waals surface area contributed by atoms with E-state index in [1.54, 1.807) is 16.2 Å². The molecule has 2 heterocycles. The number of hydrogen-bond donors (Lipinski definition) is 0. The number of pyridine rings is 1. The SMILES string of the molecule is Cc1cc(-c2ccc(C(=O)N(C)CCc3scnc3C)cc2)cc(C)n1. The lowest BCUT2D eigenvalue weighted by Crippen LogP contribution is -2.28. The number of thiazole rings is 1. The molecule has 0 aliphatic rings. The number of benzene rings is 1. The predicted molar refractivity (Wildman–Crippen MR) is 107 cm³/mol. The Kier molecular flexibility index (Phi) is 5.47. The minimum Gasteiger partial charge on any atom is -0.341 e. The van der Waals surface area contributed by atoms with E-state index in [9.17, 15) is 4.79 Å². The zero-order chi connectivity index (χ0) is 18.7. The summed E-state index contributed by atoms with van der Waals surface area (Å²) in [5.74, 6) is 0.0424. The van der Waals surface area contributed by atoms with Crippen molar-refractivity contribution in [3.8, 4) is 11.1 Å². The van der Waals surface area contributed by atoms with E-state index in [4.69, 9.17) is 0 Å². The van der Waals surface area contributed by atoms with E-state index >= 15 is 0 Å². The minimum atomic E-state index is 0.0424. The molecule has 1 aromatic carbocycles. The fourth-order valence-corrected chi connectivity index (χ4v) is 3.73. The van der Waals surface area contributed by atoms with Crippen LogP contribution < -0.4 is 0 Å². The van der Waals surface area contributed by atoms with Crippen LogP contribution in [0.3, 0.4) is 0 Å². The number of rotatable bonds is 5. The monoisotopic (exact) mass is 365 g/mol. The highest BCUT2D eigenvalue weighted by molar-refractivity contribution is 7.09. The van der Waals surface area contributed by atoms with Crippen LogP contribution >= 0.6 is 11.3 Å². The molecule has 0 aliphatic carbocycles. The Bertz CT molecular complexity index is 895. The Morgan fingerprint density at radius 3 is 2.27 bits per heavy atom. The van der Waals surface area contributed by atoms with Gasteiger partial charge in [-0.3, -0.25) is 9.78 Å². The van der Waals surface area contributed by atoms with Gasteiger partial charge in [0.15, 0.2) is 0 Å². The first-order chi connectivity index (χ1) is 12.4. The summed E-state index contributed by atoms with van der Waals surface area (Å²) in [5, 5.41) is 0. The summed E-state index contributed by atoms with van der Waals surface area (Å²) in [6.07, 6.45) is 0.840. The molecule has 0 unspecified atom stereocenters. The Labute approximate surface area is 158 Å². The summed E-state index contributed by atoms with van der Waals surface area (Å²) in [4.78, 5) is 24.3. The Hall–Kier alpha value is -2.53. The number of carbonyl (C=O) groups is 1. The number of aromatic nitrogens is 2.